The second kappa shape index (κ2) is 8.33. The average Bonchev–Trinajstić information content (AvgIpc) is 3.17. The Morgan fingerprint density at radius 2 is 1.91 bits per heavy atom. The maximum atomic E-state index is 14.6. The number of anilines is 1. The van der Waals surface area contributed by atoms with Crippen LogP contribution < -0.4 is 9.46 Å². The molecule has 3 aromatic rings. The first-order valence-corrected chi connectivity index (χ1v) is 11.2. The fourth-order valence-corrected chi connectivity index (χ4v) is 5.22. The van der Waals surface area contributed by atoms with Crippen molar-refractivity contribution in [3.05, 3.63) is 57.8 Å². The number of fused-ring (bicyclic) bond motifs is 6. The molecular formula is C19H12BrF4N3O5S. The Kier molecular flexibility index (Phi) is 5.82. The molecule has 1 N–H and O–H groups in total. The molecule has 174 valence electrons. The average molecular weight is 550 g/mol. The molecule has 1 aliphatic rings. The van der Waals surface area contributed by atoms with E-state index in [9.17, 15) is 30.8 Å². The number of aromatic nitrogens is 2. The second-order valence-electron chi connectivity index (χ2n) is 6.73. The summed E-state index contributed by atoms with van der Waals surface area (Å²) in [6.45, 7) is -3.76. The van der Waals surface area contributed by atoms with Gasteiger partial charge in [0.05, 0.1) is 22.8 Å². The van der Waals surface area contributed by atoms with E-state index in [-0.39, 0.29) is 31.7 Å². The summed E-state index contributed by atoms with van der Waals surface area (Å²) < 4.78 is 94.1. The number of nitrogens with one attached hydrogen (secondary N) is 1. The van der Waals surface area contributed by atoms with Gasteiger partial charge in [0.15, 0.2) is 5.75 Å². The molecule has 0 saturated heterocycles. The van der Waals surface area contributed by atoms with Gasteiger partial charge in [0, 0.05) is 23.4 Å². The largest absolute Gasteiger partial charge is 0.494 e. The van der Waals surface area contributed by atoms with Crippen molar-refractivity contribution in [3.63, 3.8) is 0 Å². The molecule has 0 unspecified atom stereocenters. The summed E-state index contributed by atoms with van der Waals surface area (Å²) in [4.78, 5) is 12.1. The Balaban J connectivity index is 2.00. The van der Waals surface area contributed by atoms with Crippen LogP contribution in [0.1, 0.15) is 22.6 Å². The minimum Gasteiger partial charge on any atom is -0.494 e. The van der Waals surface area contributed by atoms with Crippen LogP contribution in [-0.2, 0) is 21.4 Å². The van der Waals surface area contributed by atoms with E-state index < -0.39 is 56.9 Å². The molecule has 14 heteroatoms. The number of carbonyl (C=O) groups excluding carboxylic acids is 1. The fraction of sp³-hybridized carbons (Fsp3) is 0.158. The third-order valence-corrected chi connectivity index (χ3v) is 6.64. The smallest absolute Gasteiger partial charge is 0.338 e. The lowest BCUT2D eigenvalue weighted by Gasteiger charge is -2.15. The van der Waals surface area contributed by atoms with Crippen molar-refractivity contribution in [1.82, 2.24) is 9.78 Å². The summed E-state index contributed by atoms with van der Waals surface area (Å²) in [5, 5.41) is 3.62. The van der Waals surface area contributed by atoms with Crippen LogP contribution in [0.25, 0.3) is 11.1 Å². The van der Waals surface area contributed by atoms with E-state index in [0.29, 0.717) is 6.07 Å². The number of methoxy groups -OCH3 is 1. The van der Waals surface area contributed by atoms with Gasteiger partial charge < -0.3 is 9.47 Å². The van der Waals surface area contributed by atoms with Crippen LogP contribution in [-0.4, -0.2) is 31.3 Å². The van der Waals surface area contributed by atoms with Crippen LogP contribution in [0, 0.1) is 11.6 Å². The number of nitrogens with zero attached hydrogens (tertiary/aromatic N) is 2. The third-order valence-electron chi connectivity index (χ3n) is 4.68. The highest BCUT2D eigenvalue weighted by Crippen LogP contribution is 2.37. The summed E-state index contributed by atoms with van der Waals surface area (Å²) >= 11 is 3.10. The Bertz CT molecular complexity index is 1390. The van der Waals surface area contributed by atoms with Crippen molar-refractivity contribution < 1.29 is 40.2 Å². The SMILES string of the molecule is COc1c(Br)cc2cc1S(=O)(=O)Nc1cc(c(F)cc1F)-c1cn(C(F)F)nc1COC2=O. The van der Waals surface area contributed by atoms with Crippen LogP contribution in [0.2, 0.25) is 0 Å². The van der Waals surface area contributed by atoms with Gasteiger partial charge in [-0.25, -0.2) is 26.7 Å². The quantitative estimate of drug-likeness (QED) is 0.374. The first-order valence-electron chi connectivity index (χ1n) is 8.95. The van der Waals surface area contributed by atoms with Gasteiger partial charge in [0.2, 0.25) is 0 Å². The lowest BCUT2D eigenvalue weighted by molar-refractivity contribution is 0.0446. The zero-order valence-electron chi connectivity index (χ0n) is 16.4. The molecule has 0 aliphatic carbocycles. The summed E-state index contributed by atoms with van der Waals surface area (Å²) in [7, 11) is -3.40. The van der Waals surface area contributed by atoms with Gasteiger partial charge in [-0.05, 0) is 34.1 Å². The van der Waals surface area contributed by atoms with Crippen molar-refractivity contribution in [1.29, 1.82) is 0 Å². The topological polar surface area (TPSA) is 99.5 Å². The molecule has 2 heterocycles. The molecule has 0 amide bonds. The number of carbonyl (C=O) groups is 1. The zero-order valence-corrected chi connectivity index (χ0v) is 18.8. The van der Waals surface area contributed by atoms with Gasteiger partial charge in [-0.1, -0.05) is 0 Å². The molecule has 0 fully saturated rings. The number of rotatable bonds is 2. The van der Waals surface area contributed by atoms with Gasteiger partial charge in [-0.2, -0.15) is 13.9 Å². The molecule has 1 aromatic heterocycles. The molecule has 0 atom stereocenters. The van der Waals surface area contributed by atoms with Crippen molar-refractivity contribution >= 4 is 37.6 Å². The normalized spacial score (nSPS) is 14.9. The maximum absolute atomic E-state index is 14.6. The third kappa shape index (κ3) is 4.15. The summed E-state index contributed by atoms with van der Waals surface area (Å²) in [5.41, 5.74) is -1.85. The molecule has 0 spiro atoms. The monoisotopic (exact) mass is 549 g/mol. The van der Waals surface area contributed by atoms with Crippen molar-refractivity contribution in [3.8, 4) is 16.9 Å². The molecule has 1 aliphatic heterocycles. The number of benzene rings is 2. The maximum Gasteiger partial charge on any atom is 0.338 e. The lowest BCUT2D eigenvalue weighted by Crippen LogP contribution is -2.17. The van der Waals surface area contributed by atoms with Crippen LogP contribution in [0.15, 0.2) is 39.8 Å². The molecule has 8 nitrogen and oxygen atoms in total. The summed E-state index contributed by atoms with van der Waals surface area (Å²) in [5.74, 6) is -3.65. The van der Waals surface area contributed by atoms with E-state index in [4.69, 9.17) is 9.47 Å². The molecule has 4 bridgehead atoms. The first kappa shape index (κ1) is 23.0. The first-order chi connectivity index (χ1) is 15.5. The highest BCUT2D eigenvalue weighted by atomic mass is 79.9. The molecule has 33 heavy (non-hydrogen) atoms. The van der Waals surface area contributed by atoms with E-state index in [1.54, 1.807) is 0 Å². The van der Waals surface area contributed by atoms with Gasteiger partial charge in [-0.15, -0.1) is 0 Å². The van der Waals surface area contributed by atoms with E-state index >= 15 is 0 Å². The van der Waals surface area contributed by atoms with Gasteiger partial charge in [0.25, 0.3) is 10.0 Å². The minimum atomic E-state index is -4.58. The van der Waals surface area contributed by atoms with Crippen LogP contribution >= 0.6 is 15.9 Å². The van der Waals surface area contributed by atoms with Crippen LogP contribution in [0.3, 0.4) is 0 Å². The standard InChI is InChI=1S/C19H12BrF4N3O5S/c1-31-17-11(20)2-8-3-16(17)33(29,30)26-14-4-9(12(21)5-13(14)22)10-6-27(19(23)24)25-15(10)7-32-18(8)28/h2-6,19,26H,7H2,1H3. The van der Waals surface area contributed by atoms with E-state index in [1.165, 1.54) is 13.2 Å². The van der Waals surface area contributed by atoms with Gasteiger partial charge in [0.1, 0.15) is 28.8 Å². The fourth-order valence-electron chi connectivity index (χ4n) is 3.19. The number of hydrogen-bond donors (Lipinski definition) is 1. The molecular weight excluding hydrogens is 538 g/mol. The highest BCUT2D eigenvalue weighted by Gasteiger charge is 2.28. The second-order valence-corrected chi connectivity index (χ2v) is 9.24. The number of alkyl halides is 2. The highest BCUT2D eigenvalue weighted by molar-refractivity contribution is 9.10. The number of halogens is 5. The minimum absolute atomic E-state index is 0.0673. The Hall–Kier alpha value is -3.13. The van der Waals surface area contributed by atoms with Crippen molar-refractivity contribution in [2.45, 2.75) is 18.1 Å². The van der Waals surface area contributed by atoms with Gasteiger partial charge in [-0.3, -0.25) is 4.72 Å². The van der Waals surface area contributed by atoms with E-state index in [0.717, 1.165) is 18.3 Å². The Morgan fingerprint density at radius 1 is 1.18 bits per heavy atom. The number of ether oxygens (including phenoxy) is 2. The molecule has 2 aromatic carbocycles. The molecule has 0 saturated carbocycles. The summed E-state index contributed by atoms with van der Waals surface area (Å²) in [6, 6.07) is 3.35. The number of hydrogen-bond acceptors (Lipinski definition) is 6. The Morgan fingerprint density at radius 3 is 2.58 bits per heavy atom. The van der Waals surface area contributed by atoms with Crippen molar-refractivity contribution in [2.24, 2.45) is 0 Å². The number of cyclic esters (lactones) is 1. The summed E-state index contributed by atoms with van der Waals surface area (Å²) in [6.07, 6.45) is 0.780. The predicted molar refractivity (Wildman–Crippen MR) is 109 cm³/mol. The van der Waals surface area contributed by atoms with Crippen molar-refractivity contribution in [2.75, 3.05) is 11.8 Å². The van der Waals surface area contributed by atoms with E-state index in [2.05, 4.69) is 21.0 Å². The van der Waals surface area contributed by atoms with Gasteiger partial charge >= 0.3 is 12.5 Å². The number of esters is 1. The number of sulfonamides is 1. The lowest BCUT2D eigenvalue weighted by atomic mass is 10.0. The van der Waals surface area contributed by atoms with Crippen LogP contribution in [0.4, 0.5) is 23.2 Å². The molecule has 0 radical (unpaired) electrons. The molecule has 4 rings (SSSR count). The Labute approximate surface area is 192 Å². The predicted octanol–water partition coefficient (Wildman–Crippen LogP) is 4.47. The van der Waals surface area contributed by atoms with Crippen LogP contribution in [0.5, 0.6) is 5.75 Å². The zero-order chi connectivity index (χ0) is 24.1. The van der Waals surface area contributed by atoms with E-state index in [1.807, 2.05) is 4.72 Å².